The van der Waals surface area contributed by atoms with Gasteiger partial charge >= 0.3 is 0 Å². The van der Waals surface area contributed by atoms with Gasteiger partial charge in [-0.2, -0.15) is 0 Å². The van der Waals surface area contributed by atoms with Crippen LogP contribution in [0.3, 0.4) is 0 Å². The minimum Gasteiger partial charge on any atom is -0.337 e. The van der Waals surface area contributed by atoms with E-state index >= 15 is 0 Å². The molecule has 0 radical (unpaired) electrons. The molecule has 0 unspecified atom stereocenters. The summed E-state index contributed by atoms with van der Waals surface area (Å²) in [4.78, 5) is 8.20. The van der Waals surface area contributed by atoms with Crippen molar-refractivity contribution in [2.45, 2.75) is 6.92 Å². The van der Waals surface area contributed by atoms with E-state index < -0.39 is 10.0 Å². The fraction of sp³-hybridized carbons (Fsp3) is 0.167. The average Bonchev–Trinajstić information content (AvgIpc) is 2.33. The number of anilines is 3. The number of pyridine rings is 2. The second-order valence-electron chi connectivity index (χ2n) is 4.07. The Balaban J connectivity index is 2.33. The molecule has 0 bridgehead atoms. The van der Waals surface area contributed by atoms with E-state index in [-0.39, 0.29) is 5.82 Å². The molecule has 2 heterocycles. The second-order valence-corrected chi connectivity index (χ2v) is 5.82. The van der Waals surface area contributed by atoms with Crippen molar-refractivity contribution in [2.24, 2.45) is 0 Å². The van der Waals surface area contributed by atoms with Crippen molar-refractivity contribution in [3.8, 4) is 0 Å². The van der Waals surface area contributed by atoms with Crippen molar-refractivity contribution in [3.05, 3.63) is 42.2 Å². The van der Waals surface area contributed by atoms with Crippen molar-refractivity contribution in [1.82, 2.24) is 9.97 Å². The molecule has 2 rings (SSSR count). The van der Waals surface area contributed by atoms with Crippen LogP contribution in [-0.4, -0.2) is 24.6 Å². The summed E-state index contributed by atoms with van der Waals surface area (Å²) in [5.74, 6) is 0.905. The van der Waals surface area contributed by atoms with Crippen LogP contribution in [0.1, 0.15) is 5.56 Å². The average molecular weight is 278 g/mol. The van der Waals surface area contributed by atoms with Gasteiger partial charge in [0.15, 0.2) is 5.82 Å². The van der Waals surface area contributed by atoms with E-state index in [0.29, 0.717) is 11.5 Å². The maximum Gasteiger partial charge on any atom is 0.231 e. The van der Waals surface area contributed by atoms with Gasteiger partial charge < -0.3 is 5.32 Å². The van der Waals surface area contributed by atoms with Crippen molar-refractivity contribution in [2.75, 3.05) is 16.3 Å². The highest BCUT2D eigenvalue weighted by molar-refractivity contribution is 7.92. The molecule has 0 aliphatic rings. The smallest absolute Gasteiger partial charge is 0.231 e. The summed E-state index contributed by atoms with van der Waals surface area (Å²) in [7, 11) is -3.37. The molecule has 0 fully saturated rings. The van der Waals surface area contributed by atoms with Crippen LogP contribution in [0, 0.1) is 6.92 Å². The van der Waals surface area contributed by atoms with Crippen LogP contribution in [0.25, 0.3) is 0 Å². The summed E-state index contributed by atoms with van der Waals surface area (Å²) in [5, 5.41) is 3.06. The molecule has 6 nitrogen and oxygen atoms in total. The molecule has 0 atom stereocenters. The summed E-state index contributed by atoms with van der Waals surface area (Å²) in [6.45, 7) is 1.91. The summed E-state index contributed by atoms with van der Waals surface area (Å²) in [5.41, 5.74) is 1.51. The molecule has 0 saturated heterocycles. The lowest BCUT2D eigenvalue weighted by molar-refractivity contribution is 0.606. The van der Waals surface area contributed by atoms with Gasteiger partial charge in [-0.15, -0.1) is 0 Å². The molecule has 0 saturated carbocycles. The van der Waals surface area contributed by atoms with Crippen molar-refractivity contribution in [3.63, 3.8) is 0 Å². The zero-order chi connectivity index (χ0) is 13.9. The molecule has 0 aromatic carbocycles. The Morgan fingerprint density at radius 3 is 2.32 bits per heavy atom. The zero-order valence-electron chi connectivity index (χ0n) is 10.6. The molecule has 2 aromatic rings. The summed E-state index contributed by atoms with van der Waals surface area (Å²) in [6, 6.07) is 7.19. The van der Waals surface area contributed by atoms with Gasteiger partial charge in [0.05, 0.1) is 11.9 Å². The number of rotatable bonds is 4. The number of aromatic nitrogens is 2. The van der Waals surface area contributed by atoms with Crippen LogP contribution < -0.4 is 10.0 Å². The first kappa shape index (κ1) is 13.3. The Hall–Kier alpha value is -2.15. The predicted octanol–water partition coefficient (Wildman–Crippen LogP) is 1.90. The number of nitrogens with zero attached hydrogens (tertiary/aromatic N) is 2. The van der Waals surface area contributed by atoms with E-state index in [1.807, 2.05) is 19.1 Å². The lowest BCUT2D eigenvalue weighted by atomic mass is 10.3. The first-order valence-corrected chi connectivity index (χ1v) is 7.46. The monoisotopic (exact) mass is 278 g/mol. The molecule has 0 aliphatic carbocycles. The standard InChI is InChI=1S/C12H14N4O2S/c1-9-5-3-7-13-11(9)15-10-6-4-8-14-12(10)16-19(2,17)18/h3-8H,1-2H3,(H,13,15)(H,14,16). The number of nitrogens with one attached hydrogen (secondary N) is 2. The predicted molar refractivity (Wildman–Crippen MR) is 75.0 cm³/mol. The number of aryl methyl sites for hydroxylation is 1. The van der Waals surface area contributed by atoms with Gasteiger partial charge in [0, 0.05) is 12.4 Å². The van der Waals surface area contributed by atoms with Crippen LogP contribution in [0.2, 0.25) is 0 Å². The van der Waals surface area contributed by atoms with Crippen LogP contribution in [-0.2, 0) is 10.0 Å². The maximum absolute atomic E-state index is 11.3. The molecule has 7 heteroatoms. The quantitative estimate of drug-likeness (QED) is 0.892. The number of hydrogen-bond acceptors (Lipinski definition) is 5. The fourth-order valence-electron chi connectivity index (χ4n) is 1.51. The molecule has 100 valence electrons. The first-order chi connectivity index (χ1) is 8.96. The van der Waals surface area contributed by atoms with Crippen LogP contribution >= 0.6 is 0 Å². The Morgan fingerprint density at radius 2 is 1.68 bits per heavy atom. The van der Waals surface area contributed by atoms with E-state index in [4.69, 9.17) is 0 Å². The minimum absolute atomic E-state index is 0.245. The zero-order valence-corrected chi connectivity index (χ0v) is 11.4. The van der Waals surface area contributed by atoms with Crippen molar-refractivity contribution < 1.29 is 8.42 Å². The summed E-state index contributed by atoms with van der Waals surface area (Å²) < 4.78 is 24.9. The van der Waals surface area contributed by atoms with Gasteiger partial charge in [-0.05, 0) is 30.7 Å². The molecule has 2 aromatic heterocycles. The number of sulfonamides is 1. The highest BCUT2D eigenvalue weighted by atomic mass is 32.2. The Kier molecular flexibility index (Phi) is 3.66. The SMILES string of the molecule is Cc1cccnc1Nc1cccnc1NS(C)(=O)=O. The van der Waals surface area contributed by atoms with Gasteiger partial charge in [0.25, 0.3) is 0 Å². The van der Waals surface area contributed by atoms with Gasteiger partial charge in [-0.25, -0.2) is 18.4 Å². The van der Waals surface area contributed by atoms with Crippen LogP contribution in [0.5, 0.6) is 0 Å². The molecular weight excluding hydrogens is 264 g/mol. The normalized spacial score (nSPS) is 11.1. The van der Waals surface area contributed by atoms with E-state index in [1.54, 1.807) is 18.3 Å². The van der Waals surface area contributed by atoms with Gasteiger partial charge in [0.2, 0.25) is 10.0 Å². The topological polar surface area (TPSA) is 84.0 Å². The van der Waals surface area contributed by atoms with E-state index in [2.05, 4.69) is 20.0 Å². The highest BCUT2D eigenvalue weighted by Crippen LogP contribution is 2.24. The van der Waals surface area contributed by atoms with Crippen LogP contribution in [0.15, 0.2) is 36.7 Å². The molecule has 0 spiro atoms. The van der Waals surface area contributed by atoms with Gasteiger partial charge in [-0.1, -0.05) is 6.07 Å². The van der Waals surface area contributed by atoms with E-state index in [0.717, 1.165) is 11.8 Å². The third-order valence-electron chi connectivity index (χ3n) is 2.35. The number of hydrogen-bond donors (Lipinski definition) is 2. The Morgan fingerprint density at radius 1 is 1.05 bits per heavy atom. The lowest BCUT2D eigenvalue weighted by Gasteiger charge is -2.12. The van der Waals surface area contributed by atoms with E-state index in [9.17, 15) is 8.42 Å². The van der Waals surface area contributed by atoms with Crippen molar-refractivity contribution >= 4 is 27.3 Å². The lowest BCUT2D eigenvalue weighted by Crippen LogP contribution is -2.12. The Bertz CT molecular complexity index is 686. The summed E-state index contributed by atoms with van der Waals surface area (Å²) >= 11 is 0. The second kappa shape index (κ2) is 5.23. The third kappa shape index (κ3) is 3.65. The first-order valence-electron chi connectivity index (χ1n) is 5.57. The fourth-order valence-corrected chi connectivity index (χ4v) is 2.02. The molecule has 0 aliphatic heterocycles. The molecule has 19 heavy (non-hydrogen) atoms. The Labute approximate surface area is 112 Å². The molecular formula is C12H14N4O2S. The molecule has 2 N–H and O–H groups in total. The van der Waals surface area contributed by atoms with E-state index in [1.165, 1.54) is 6.20 Å². The largest absolute Gasteiger partial charge is 0.337 e. The van der Waals surface area contributed by atoms with Crippen LogP contribution in [0.4, 0.5) is 17.3 Å². The van der Waals surface area contributed by atoms with Gasteiger partial charge in [-0.3, -0.25) is 4.72 Å². The summed E-state index contributed by atoms with van der Waals surface area (Å²) in [6.07, 6.45) is 4.26. The van der Waals surface area contributed by atoms with Crippen molar-refractivity contribution in [1.29, 1.82) is 0 Å². The highest BCUT2D eigenvalue weighted by Gasteiger charge is 2.09. The third-order valence-corrected chi connectivity index (χ3v) is 2.92. The molecule has 0 amide bonds. The van der Waals surface area contributed by atoms with Gasteiger partial charge in [0.1, 0.15) is 5.82 Å². The minimum atomic E-state index is -3.37. The maximum atomic E-state index is 11.3.